The highest BCUT2D eigenvalue weighted by Gasteiger charge is 2.10. The Kier molecular flexibility index (Phi) is 7.20. The Hall–Kier alpha value is -1.45. The standard InChI is InChI=1S/C13H17ClN2O3S/c14-7-4-10-20(17,18)16-12-5-3-6-13(11-12)19-9-2-1-8-15/h3,5-6,11,16H,1-2,4,7,9-10H2. The zero-order chi connectivity index (χ0) is 14.8. The number of alkyl halides is 1. The predicted octanol–water partition coefficient (Wildman–Crippen LogP) is 2.74. The van der Waals surface area contributed by atoms with E-state index in [2.05, 4.69) is 4.72 Å². The third kappa shape index (κ3) is 6.64. The Morgan fingerprint density at radius 1 is 1.35 bits per heavy atom. The maximum atomic E-state index is 11.7. The number of sulfonamides is 1. The van der Waals surface area contributed by atoms with Gasteiger partial charge < -0.3 is 4.74 Å². The van der Waals surface area contributed by atoms with Crippen molar-refractivity contribution in [1.29, 1.82) is 5.26 Å². The average molecular weight is 317 g/mol. The summed E-state index contributed by atoms with van der Waals surface area (Å²) >= 11 is 5.48. The highest BCUT2D eigenvalue weighted by atomic mass is 35.5. The summed E-state index contributed by atoms with van der Waals surface area (Å²) in [6, 6.07) is 8.75. The fraction of sp³-hybridized carbons (Fsp3) is 0.462. The predicted molar refractivity (Wildman–Crippen MR) is 79.5 cm³/mol. The molecule has 0 amide bonds. The van der Waals surface area contributed by atoms with Crippen molar-refractivity contribution in [1.82, 2.24) is 0 Å². The molecule has 0 saturated heterocycles. The number of nitrogens with zero attached hydrogens (tertiary/aromatic N) is 1. The molecule has 0 radical (unpaired) electrons. The van der Waals surface area contributed by atoms with Crippen LogP contribution in [0, 0.1) is 11.3 Å². The average Bonchev–Trinajstić information content (AvgIpc) is 2.41. The van der Waals surface area contributed by atoms with Crippen LogP contribution >= 0.6 is 11.6 Å². The minimum atomic E-state index is -3.38. The summed E-state index contributed by atoms with van der Waals surface area (Å²) in [6.07, 6.45) is 1.48. The number of rotatable bonds is 9. The molecular weight excluding hydrogens is 300 g/mol. The van der Waals surface area contributed by atoms with Crippen LogP contribution in [0.1, 0.15) is 19.3 Å². The molecule has 0 bridgehead atoms. The highest BCUT2D eigenvalue weighted by molar-refractivity contribution is 7.92. The lowest BCUT2D eigenvalue weighted by Crippen LogP contribution is -2.17. The van der Waals surface area contributed by atoms with Gasteiger partial charge in [0, 0.05) is 18.4 Å². The number of benzene rings is 1. The van der Waals surface area contributed by atoms with E-state index in [-0.39, 0.29) is 5.75 Å². The van der Waals surface area contributed by atoms with Gasteiger partial charge in [0.2, 0.25) is 10.0 Å². The molecule has 1 aromatic carbocycles. The second-order valence-electron chi connectivity index (χ2n) is 4.10. The van der Waals surface area contributed by atoms with Crippen LogP contribution < -0.4 is 9.46 Å². The third-order valence-electron chi connectivity index (χ3n) is 2.36. The number of anilines is 1. The summed E-state index contributed by atoms with van der Waals surface area (Å²) in [5.41, 5.74) is 0.456. The van der Waals surface area contributed by atoms with Gasteiger partial charge in [-0.05, 0) is 25.0 Å². The molecule has 7 heteroatoms. The van der Waals surface area contributed by atoms with Gasteiger partial charge in [0.1, 0.15) is 5.75 Å². The number of nitrogens with one attached hydrogen (secondary N) is 1. The molecule has 1 rings (SSSR count). The van der Waals surface area contributed by atoms with Gasteiger partial charge >= 0.3 is 0 Å². The molecule has 110 valence electrons. The molecule has 0 saturated carbocycles. The first-order valence-corrected chi connectivity index (χ1v) is 8.42. The highest BCUT2D eigenvalue weighted by Crippen LogP contribution is 2.19. The zero-order valence-corrected chi connectivity index (χ0v) is 12.6. The van der Waals surface area contributed by atoms with Crippen molar-refractivity contribution in [2.24, 2.45) is 0 Å². The quantitative estimate of drug-likeness (QED) is 0.561. The summed E-state index contributed by atoms with van der Waals surface area (Å²) in [7, 11) is -3.38. The van der Waals surface area contributed by atoms with Crippen molar-refractivity contribution < 1.29 is 13.2 Å². The van der Waals surface area contributed by atoms with E-state index in [9.17, 15) is 8.42 Å². The number of hydrogen-bond donors (Lipinski definition) is 1. The smallest absolute Gasteiger partial charge is 0.232 e. The largest absolute Gasteiger partial charge is 0.493 e. The lowest BCUT2D eigenvalue weighted by atomic mass is 10.3. The summed E-state index contributed by atoms with van der Waals surface area (Å²) in [5, 5.41) is 8.41. The van der Waals surface area contributed by atoms with E-state index in [0.717, 1.165) is 0 Å². The lowest BCUT2D eigenvalue weighted by Gasteiger charge is -2.09. The molecule has 1 aromatic rings. The zero-order valence-electron chi connectivity index (χ0n) is 11.0. The first kappa shape index (κ1) is 16.6. The number of ether oxygens (including phenoxy) is 1. The molecule has 0 atom stereocenters. The minimum Gasteiger partial charge on any atom is -0.493 e. The summed E-state index contributed by atoms with van der Waals surface area (Å²) < 4.78 is 31.4. The molecule has 1 N–H and O–H groups in total. The van der Waals surface area contributed by atoms with Crippen LogP contribution in [0.5, 0.6) is 5.75 Å². The molecule has 0 aliphatic carbocycles. The van der Waals surface area contributed by atoms with Gasteiger partial charge in [-0.2, -0.15) is 5.26 Å². The van der Waals surface area contributed by atoms with Crippen molar-refractivity contribution >= 4 is 27.3 Å². The Balaban J connectivity index is 2.57. The van der Waals surface area contributed by atoms with Gasteiger partial charge in [-0.15, -0.1) is 11.6 Å². The molecular formula is C13H17ClN2O3S. The van der Waals surface area contributed by atoms with Gasteiger partial charge in [0.15, 0.2) is 0 Å². The summed E-state index contributed by atoms with van der Waals surface area (Å²) in [6.45, 7) is 0.427. The van der Waals surface area contributed by atoms with E-state index in [1.807, 2.05) is 6.07 Å². The van der Waals surface area contributed by atoms with Gasteiger partial charge in [0.05, 0.1) is 24.1 Å². The van der Waals surface area contributed by atoms with Crippen LogP contribution in [0.4, 0.5) is 5.69 Å². The number of unbranched alkanes of at least 4 members (excludes halogenated alkanes) is 1. The Morgan fingerprint density at radius 2 is 2.15 bits per heavy atom. The molecule has 0 aromatic heterocycles. The van der Waals surface area contributed by atoms with Crippen molar-refractivity contribution in [2.75, 3.05) is 23.0 Å². The van der Waals surface area contributed by atoms with E-state index < -0.39 is 10.0 Å². The molecule has 20 heavy (non-hydrogen) atoms. The summed E-state index contributed by atoms with van der Waals surface area (Å²) in [5.74, 6) is 0.868. The molecule has 0 spiro atoms. The molecule has 5 nitrogen and oxygen atoms in total. The van der Waals surface area contributed by atoms with Crippen LogP contribution in [0.25, 0.3) is 0 Å². The first-order valence-electron chi connectivity index (χ1n) is 6.23. The molecule has 0 heterocycles. The molecule has 0 unspecified atom stereocenters. The van der Waals surface area contributed by atoms with Gasteiger partial charge in [-0.1, -0.05) is 6.07 Å². The third-order valence-corrected chi connectivity index (χ3v) is 4.00. The van der Waals surface area contributed by atoms with Crippen molar-refractivity contribution in [3.8, 4) is 11.8 Å². The van der Waals surface area contributed by atoms with Gasteiger partial charge in [-0.3, -0.25) is 4.72 Å². The maximum Gasteiger partial charge on any atom is 0.232 e. The molecule has 0 aliphatic rings. The first-order chi connectivity index (χ1) is 9.57. The van der Waals surface area contributed by atoms with E-state index in [0.29, 0.717) is 43.2 Å². The Bertz CT molecular complexity index is 555. The lowest BCUT2D eigenvalue weighted by molar-refractivity contribution is 0.313. The number of hydrogen-bond acceptors (Lipinski definition) is 4. The van der Waals surface area contributed by atoms with Crippen molar-refractivity contribution in [2.45, 2.75) is 19.3 Å². The summed E-state index contributed by atoms with van der Waals surface area (Å²) in [4.78, 5) is 0. The van der Waals surface area contributed by atoms with Crippen molar-refractivity contribution in [3.05, 3.63) is 24.3 Å². The second-order valence-corrected chi connectivity index (χ2v) is 6.32. The molecule has 0 fully saturated rings. The van der Waals surface area contributed by atoms with E-state index in [1.165, 1.54) is 0 Å². The topological polar surface area (TPSA) is 79.2 Å². The monoisotopic (exact) mass is 316 g/mol. The number of halogens is 1. The normalized spacial score (nSPS) is 10.8. The minimum absolute atomic E-state index is 0.0102. The van der Waals surface area contributed by atoms with Crippen LogP contribution in [0.15, 0.2) is 24.3 Å². The van der Waals surface area contributed by atoms with Gasteiger partial charge in [-0.25, -0.2) is 8.42 Å². The second kappa shape index (κ2) is 8.67. The van der Waals surface area contributed by atoms with Crippen LogP contribution in [0.3, 0.4) is 0 Å². The van der Waals surface area contributed by atoms with E-state index >= 15 is 0 Å². The van der Waals surface area contributed by atoms with Crippen molar-refractivity contribution in [3.63, 3.8) is 0 Å². The van der Waals surface area contributed by atoms with E-state index in [1.54, 1.807) is 24.3 Å². The Labute approximate surface area is 124 Å². The van der Waals surface area contributed by atoms with Crippen LogP contribution in [0.2, 0.25) is 0 Å². The van der Waals surface area contributed by atoms with E-state index in [4.69, 9.17) is 21.6 Å². The maximum absolute atomic E-state index is 11.7. The number of nitriles is 1. The van der Waals surface area contributed by atoms with Crippen LogP contribution in [-0.2, 0) is 10.0 Å². The Morgan fingerprint density at radius 3 is 2.85 bits per heavy atom. The fourth-order valence-corrected chi connectivity index (χ4v) is 2.87. The van der Waals surface area contributed by atoms with Gasteiger partial charge in [0.25, 0.3) is 0 Å². The fourth-order valence-electron chi connectivity index (χ4n) is 1.47. The van der Waals surface area contributed by atoms with Crippen LogP contribution in [-0.4, -0.2) is 26.7 Å². The SMILES string of the molecule is N#CCCCOc1cccc(NS(=O)(=O)CCCCl)c1. The molecule has 0 aliphatic heterocycles.